The van der Waals surface area contributed by atoms with Crippen molar-refractivity contribution in [2.75, 3.05) is 31.6 Å². The molecule has 3 N–H and O–H groups in total. The number of ether oxygens (including phenoxy) is 2. The molecule has 4 aromatic carbocycles. The van der Waals surface area contributed by atoms with Gasteiger partial charge in [-0.2, -0.15) is 0 Å². The van der Waals surface area contributed by atoms with Crippen molar-refractivity contribution in [2.24, 2.45) is 0 Å². The maximum absolute atomic E-state index is 13.4. The van der Waals surface area contributed by atoms with Gasteiger partial charge in [-0.25, -0.2) is 24.5 Å². The maximum atomic E-state index is 13.4. The molecular weight excluding hydrogens is 690 g/mol. The molecule has 0 radical (unpaired) electrons. The van der Waals surface area contributed by atoms with Crippen LogP contribution in [0.3, 0.4) is 0 Å². The van der Waals surface area contributed by atoms with Crippen LogP contribution in [0.15, 0.2) is 122 Å². The predicted octanol–water partition coefficient (Wildman–Crippen LogP) is 5.62. The summed E-state index contributed by atoms with van der Waals surface area (Å²) in [5, 5.41) is 14.8. The number of carbonyl (C=O) groups excluding carboxylic acids is 3. The van der Waals surface area contributed by atoms with Crippen LogP contribution in [0.5, 0.6) is 0 Å². The van der Waals surface area contributed by atoms with Gasteiger partial charge in [0.25, 0.3) is 0 Å². The summed E-state index contributed by atoms with van der Waals surface area (Å²) in [5.74, 6) is -1.85. The van der Waals surface area contributed by atoms with E-state index in [-0.39, 0.29) is 49.1 Å². The number of aliphatic carboxylic acids is 1. The van der Waals surface area contributed by atoms with E-state index in [4.69, 9.17) is 9.47 Å². The Labute approximate surface area is 309 Å². The van der Waals surface area contributed by atoms with Crippen molar-refractivity contribution in [1.82, 2.24) is 29.7 Å². The molecule has 54 heavy (non-hydrogen) atoms. The number of alkyl carbamates (subject to hydrolysis) is 1. The van der Waals surface area contributed by atoms with Crippen LogP contribution >= 0.6 is 0 Å². The molecule has 0 aliphatic heterocycles. The zero-order valence-corrected chi connectivity index (χ0v) is 28.9. The number of carboxylic acid groups (broad SMARTS) is 1. The fourth-order valence-electron chi connectivity index (χ4n) is 6.55. The average Bonchev–Trinajstić information content (AvgIpc) is 3.75. The molecule has 0 unspecified atom stereocenters. The van der Waals surface area contributed by atoms with Crippen molar-refractivity contribution in [3.63, 3.8) is 0 Å². The van der Waals surface area contributed by atoms with E-state index >= 15 is 0 Å². The first kappa shape index (κ1) is 35.3. The highest BCUT2D eigenvalue weighted by Crippen LogP contribution is 2.44. The lowest BCUT2D eigenvalue weighted by Gasteiger charge is -2.21. The second-order valence-corrected chi connectivity index (χ2v) is 12.5. The van der Waals surface area contributed by atoms with E-state index in [1.165, 1.54) is 17.2 Å². The van der Waals surface area contributed by atoms with Crippen molar-refractivity contribution < 1.29 is 33.8 Å². The number of hydrogen-bond donors (Lipinski definition) is 3. The average molecular weight is 726 g/mol. The number of amides is 3. The Hall–Kier alpha value is -7.09. The van der Waals surface area contributed by atoms with Crippen LogP contribution in [-0.4, -0.2) is 79.8 Å². The van der Waals surface area contributed by atoms with Crippen molar-refractivity contribution >= 4 is 41.0 Å². The standard InChI is InChI=1S/C40H35N7O7/c48-33(46(22-34(49)50)20-19-41-39(51)53-23-32-30-17-9-7-15-28(30)29-16-8-10-18-31(29)32)21-47-25-44-35-37(42-24-43-38(35)47)45-40(52)54-36(26-11-3-1-4-12-26)27-13-5-2-6-14-27/h1-18,24-25,32,36H,19-23H2,(H,41,51)(H,49,50)(H,42,43,45,52). The summed E-state index contributed by atoms with van der Waals surface area (Å²) >= 11 is 0. The third-order valence-corrected chi connectivity index (χ3v) is 9.03. The maximum Gasteiger partial charge on any atom is 0.413 e. The largest absolute Gasteiger partial charge is 0.480 e. The number of fused-ring (bicyclic) bond motifs is 4. The number of imidazole rings is 1. The highest BCUT2D eigenvalue weighted by molar-refractivity contribution is 5.94. The number of carbonyl (C=O) groups is 4. The zero-order chi connectivity index (χ0) is 37.4. The summed E-state index contributed by atoms with van der Waals surface area (Å²) in [7, 11) is 0. The molecule has 0 spiro atoms. The lowest BCUT2D eigenvalue weighted by Crippen LogP contribution is -2.42. The predicted molar refractivity (Wildman–Crippen MR) is 197 cm³/mol. The summed E-state index contributed by atoms with van der Waals surface area (Å²) in [6.45, 7) is -0.956. The molecule has 2 heterocycles. The molecule has 6 aromatic rings. The molecule has 1 aliphatic carbocycles. The topological polar surface area (TPSA) is 178 Å². The van der Waals surface area contributed by atoms with E-state index in [1.54, 1.807) is 0 Å². The van der Waals surface area contributed by atoms with Crippen molar-refractivity contribution in [2.45, 2.75) is 18.6 Å². The van der Waals surface area contributed by atoms with Gasteiger partial charge in [-0.05, 0) is 33.4 Å². The molecular formula is C40H35N7O7. The lowest BCUT2D eigenvalue weighted by molar-refractivity contribution is -0.144. The number of carboxylic acids is 1. The van der Waals surface area contributed by atoms with E-state index < -0.39 is 36.7 Å². The molecule has 0 saturated heterocycles. The molecule has 7 rings (SSSR count). The number of aromatic nitrogens is 4. The van der Waals surface area contributed by atoms with Crippen LogP contribution in [0.4, 0.5) is 15.4 Å². The minimum absolute atomic E-state index is 0.0499. The van der Waals surface area contributed by atoms with Gasteiger partial charge in [-0.3, -0.25) is 14.9 Å². The van der Waals surface area contributed by atoms with Gasteiger partial charge < -0.3 is 29.4 Å². The molecule has 2 aromatic heterocycles. The SMILES string of the molecule is O=C(O)CN(CCNC(=O)OCC1c2ccccc2-c2ccccc21)C(=O)Cn1cnc2c(NC(=O)OC(c3ccccc3)c3ccccc3)ncnc21. The second-order valence-electron chi connectivity index (χ2n) is 12.5. The fraction of sp³-hybridized carbons (Fsp3) is 0.175. The van der Waals surface area contributed by atoms with E-state index in [2.05, 4.69) is 25.6 Å². The second kappa shape index (κ2) is 16.1. The van der Waals surface area contributed by atoms with Crippen LogP contribution in [0, 0.1) is 0 Å². The zero-order valence-electron chi connectivity index (χ0n) is 28.9. The lowest BCUT2D eigenvalue weighted by atomic mass is 9.98. The molecule has 3 amide bonds. The summed E-state index contributed by atoms with van der Waals surface area (Å²) in [4.78, 5) is 64.7. The Morgan fingerprint density at radius 3 is 2.02 bits per heavy atom. The van der Waals surface area contributed by atoms with Crippen molar-refractivity contribution in [1.29, 1.82) is 0 Å². The third-order valence-electron chi connectivity index (χ3n) is 9.03. The van der Waals surface area contributed by atoms with Gasteiger partial charge in [0.15, 0.2) is 23.1 Å². The highest BCUT2D eigenvalue weighted by atomic mass is 16.6. The van der Waals surface area contributed by atoms with E-state index in [1.807, 2.05) is 109 Å². The fourth-order valence-corrected chi connectivity index (χ4v) is 6.55. The molecule has 14 nitrogen and oxygen atoms in total. The van der Waals surface area contributed by atoms with E-state index in [9.17, 15) is 24.3 Å². The first-order chi connectivity index (χ1) is 26.4. The van der Waals surface area contributed by atoms with Crippen molar-refractivity contribution in [3.8, 4) is 11.1 Å². The summed E-state index contributed by atoms with van der Waals surface area (Å²) in [5.41, 5.74) is 6.32. The van der Waals surface area contributed by atoms with Crippen LogP contribution in [0.1, 0.15) is 34.3 Å². The first-order valence-corrected chi connectivity index (χ1v) is 17.2. The summed E-state index contributed by atoms with van der Waals surface area (Å²) in [6, 6.07) is 34.6. The number of benzene rings is 4. The van der Waals surface area contributed by atoms with Gasteiger partial charge in [0.2, 0.25) is 5.91 Å². The Bertz CT molecular complexity index is 2210. The Balaban J connectivity index is 0.960. The number of anilines is 1. The third kappa shape index (κ3) is 7.87. The normalized spacial score (nSPS) is 11.8. The van der Waals surface area contributed by atoms with Gasteiger partial charge in [0.05, 0.1) is 6.33 Å². The van der Waals surface area contributed by atoms with Crippen LogP contribution < -0.4 is 10.6 Å². The molecule has 1 aliphatic rings. The molecule has 0 fully saturated rings. The quantitative estimate of drug-likeness (QED) is 0.135. The molecule has 0 atom stereocenters. The van der Waals surface area contributed by atoms with Crippen LogP contribution in [0.25, 0.3) is 22.3 Å². The minimum Gasteiger partial charge on any atom is -0.480 e. The first-order valence-electron chi connectivity index (χ1n) is 17.2. The number of nitrogens with one attached hydrogen (secondary N) is 2. The van der Waals surface area contributed by atoms with Gasteiger partial charge in [0, 0.05) is 19.0 Å². The minimum atomic E-state index is -1.23. The molecule has 272 valence electrons. The summed E-state index contributed by atoms with van der Waals surface area (Å²) in [6.07, 6.45) is 0.390. The molecule has 14 heteroatoms. The van der Waals surface area contributed by atoms with E-state index in [0.29, 0.717) is 0 Å². The summed E-state index contributed by atoms with van der Waals surface area (Å²) < 4.78 is 12.8. The Morgan fingerprint density at radius 1 is 0.778 bits per heavy atom. The molecule has 0 saturated carbocycles. The van der Waals surface area contributed by atoms with Gasteiger partial charge >= 0.3 is 18.2 Å². The Morgan fingerprint density at radius 2 is 1.39 bits per heavy atom. The Kier molecular flexibility index (Phi) is 10.5. The number of hydrogen-bond acceptors (Lipinski definition) is 9. The van der Waals surface area contributed by atoms with Gasteiger partial charge in [0.1, 0.15) is 26.0 Å². The van der Waals surface area contributed by atoms with Gasteiger partial charge in [-0.1, -0.05) is 109 Å². The van der Waals surface area contributed by atoms with E-state index in [0.717, 1.165) is 38.3 Å². The monoisotopic (exact) mass is 725 g/mol. The van der Waals surface area contributed by atoms with Crippen molar-refractivity contribution in [3.05, 3.63) is 144 Å². The van der Waals surface area contributed by atoms with Gasteiger partial charge in [-0.15, -0.1) is 0 Å². The number of rotatable bonds is 13. The smallest absolute Gasteiger partial charge is 0.413 e. The highest BCUT2D eigenvalue weighted by Gasteiger charge is 2.29. The number of nitrogens with zero attached hydrogens (tertiary/aromatic N) is 5. The molecule has 0 bridgehead atoms. The van der Waals surface area contributed by atoms with Crippen LogP contribution in [-0.2, 0) is 25.6 Å². The van der Waals surface area contributed by atoms with Crippen LogP contribution in [0.2, 0.25) is 0 Å².